The number of carboxylic acids is 1. The van der Waals surface area contributed by atoms with Crippen molar-refractivity contribution in [2.75, 3.05) is 19.8 Å². The number of amides is 1. The van der Waals surface area contributed by atoms with Crippen LogP contribution in [-0.4, -0.2) is 48.0 Å². The number of ether oxygens (including phenoxy) is 2. The zero-order valence-electron chi connectivity index (χ0n) is 10.7. The molecule has 0 aliphatic carbocycles. The molecule has 0 saturated heterocycles. The second-order valence-corrected chi connectivity index (χ2v) is 4.26. The first-order chi connectivity index (χ1) is 9.61. The second-order valence-electron chi connectivity index (χ2n) is 4.26. The van der Waals surface area contributed by atoms with Crippen LogP contribution in [0.4, 0.5) is 0 Å². The Morgan fingerprint density at radius 3 is 2.60 bits per heavy atom. The first-order valence-electron chi connectivity index (χ1n) is 6.16. The van der Waals surface area contributed by atoms with E-state index in [9.17, 15) is 9.59 Å². The average molecular weight is 281 g/mol. The van der Waals surface area contributed by atoms with E-state index in [0.29, 0.717) is 24.7 Å². The summed E-state index contributed by atoms with van der Waals surface area (Å²) < 4.78 is 10.9. The number of aliphatic carboxylic acids is 1. The largest absolute Gasteiger partial charge is 0.490 e. The molecule has 108 valence electrons. The van der Waals surface area contributed by atoms with Crippen LogP contribution in [0.15, 0.2) is 18.2 Å². The van der Waals surface area contributed by atoms with Crippen LogP contribution in [-0.2, 0) is 4.79 Å². The molecule has 1 aliphatic heterocycles. The number of benzene rings is 1. The third-order valence-electron chi connectivity index (χ3n) is 2.80. The molecule has 0 aromatic heterocycles. The fourth-order valence-corrected chi connectivity index (χ4v) is 1.73. The van der Waals surface area contributed by atoms with Gasteiger partial charge in [-0.25, -0.2) is 4.79 Å². The van der Waals surface area contributed by atoms with Gasteiger partial charge in [-0.05, 0) is 18.2 Å². The van der Waals surface area contributed by atoms with Crippen LogP contribution in [0.25, 0.3) is 0 Å². The Morgan fingerprint density at radius 2 is 1.95 bits per heavy atom. The molecule has 1 amide bonds. The molecule has 7 nitrogen and oxygen atoms in total. The fourth-order valence-electron chi connectivity index (χ4n) is 1.73. The number of carboxylic acid groups (broad SMARTS) is 1. The number of carbonyl (C=O) groups excluding carboxylic acids is 1. The SMILES string of the molecule is O=C(N[C@@H](CO)C(=O)O)c1ccc2c(c1)OCCCO2. The quantitative estimate of drug-likeness (QED) is 0.718. The Hall–Kier alpha value is -2.28. The molecule has 1 atom stereocenters. The minimum absolute atomic E-state index is 0.244. The van der Waals surface area contributed by atoms with Crippen molar-refractivity contribution in [3.8, 4) is 11.5 Å². The van der Waals surface area contributed by atoms with Crippen molar-refractivity contribution >= 4 is 11.9 Å². The van der Waals surface area contributed by atoms with E-state index in [1.165, 1.54) is 12.1 Å². The van der Waals surface area contributed by atoms with Gasteiger partial charge in [-0.3, -0.25) is 4.79 Å². The maximum absolute atomic E-state index is 11.9. The maximum atomic E-state index is 11.9. The van der Waals surface area contributed by atoms with Crippen molar-refractivity contribution in [3.05, 3.63) is 23.8 Å². The Labute approximate surface area is 115 Å². The van der Waals surface area contributed by atoms with Crippen LogP contribution < -0.4 is 14.8 Å². The number of nitrogens with one attached hydrogen (secondary N) is 1. The topological polar surface area (TPSA) is 105 Å². The van der Waals surface area contributed by atoms with Gasteiger partial charge in [0.1, 0.15) is 0 Å². The number of rotatable bonds is 4. The average Bonchev–Trinajstić information content (AvgIpc) is 2.68. The lowest BCUT2D eigenvalue weighted by atomic mass is 10.1. The third-order valence-corrected chi connectivity index (χ3v) is 2.80. The van der Waals surface area contributed by atoms with Gasteiger partial charge in [0.05, 0.1) is 19.8 Å². The van der Waals surface area contributed by atoms with Crippen LogP contribution in [0.5, 0.6) is 11.5 Å². The molecular formula is C13H15NO6. The van der Waals surface area contributed by atoms with Crippen molar-refractivity contribution in [1.82, 2.24) is 5.32 Å². The number of aliphatic hydroxyl groups is 1. The molecule has 20 heavy (non-hydrogen) atoms. The van der Waals surface area contributed by atoms with Gasteiger partial charge in [-0.15, -0.1) is 0 Å². The van der Waals surface area contributed by atoms with Gasteiger partial charge >= 0.3 is 5.97 Å². The van der Waals surface area contributed by atoms with Crippen molar-refractivity contribution < 1.29 is 29.3 Å². The van der Waals surface area contributed by atoms with Crippen LogP contribution in [0.1, 0.15) is 16.8 Å². The fraction of sp³-hybridized carbons (Fsp3) is 0.385. The molecule has 1 aliphatic rings. The summed E-state index contributed by atoms with van der Waals surface area (Å²) in [5.41, 5.74) is 0.244. The van der Waals surface area contributed by atoms with Gasteiger partial charge in [0.15, 0.2) is 17.5 Å². The van der Waals surface area contributed by atoms with Crippen LogP contribution >= 0.6 is 0 Å². The Morgan fingerprint density at radius 1 is 1.25 bits per heavy atom. The van der Waals surface area contributed by atoms with Crippen molar-refractivity contribution in [1.29, 1.82) is 0 Å². The van der Waals surface area contributed by atoms with Crippen LogP contribution in [0.2, 0.25) is 0 Å². The highest BCUT2D eigenvalue weighted by Gasteiger charge is 2.21. The van der Waals surface area contributed by atoms with Crippen molar-refractivity contribution in [2.45, 2.75) is 12.5 Å². The highest BCUT2D eigenvalue weighted by atomic mass is 16.5. The molecular weight excluding hydrogens is 266 g/mol. The van der Waals surface area contributed by atoms with E-state index in [0.717, 1.165) is 6.42 Å². The lowest BCUT2D eigenvalue weighted by Crippen LogP contribution is -2.43. The number of aliphatic hydroxyl groups excluding tert-OH is 1. The Bertz CT molecular complexity index is 516. The minimum atomic E-state index is -1.33. The molecule has 1 aromatic carbocycles. The van der Waals surface area contributed by atoms with Crippen molar-refractivity contribution in [2.24, 2.45) is 0 Å². The van der Waals surface area contributed by atoms with Gasteiger partial charge in [-0.1, -0.05) is 0 Å². The summed E-state index contributed by atoms with van der Waals surface area (Å²) >= 11 is 0. The summed E-state index contributed by atoms with van der Waals surface area (Å²) in [5, 5.41) is 19.9. The van der Waals surface area contributed by atoms with Gasteiger partial charge < -0.3 is 25.0 Å². The first kappa shape index (κ1) is 14.1. The van der Waals surface area contributed by atoms with E-state index in [1.54, 1.807) is 6.07 Å². The van der Waals surface area contributed by atoms with Crippen LogP contribution in [0, 0.1) is 0 Å². The zero-order valence-corrected chi connectivity index (χ0v) is 10.7. The highest BCUT2D eigenvalue weighted by molar-refractivity contribution is 5.97. The monoisotopic (exact) mass is 281 g/mol. The molecule has 3 N–H and O–H groups in total. The van der Waals surface area contributed by atoms with E-state index >= 15 is 0 Å². The van der Waals surface area contributed by atoms with Crippen molar-refractivity contribution in [3.63, 3.8) is 0 Å². The smallest absolute Gasteiger partial charge is 0.328 e. The molecule has 0 radical (unpaired) electrons. The zero-order chi connectivity index (χ0) is 14.5. The predicted octanol–water partition coefficient (Wildman–Crippen LogP) is 0.0232. The number of fused-ring (bicyclic) bond motifs is 1. The lowest BCUT2D eigenvalue weighted by molar-refractivity contribution is -0.140. The van der Waals surface area contributed by atoms with E-state index in [1.807, 2.05) is 0 Å². The standard InChI is InChI=1S/C13H15NO6/c15-7-9(13(17)18)14-12(16)8-2-3-10-11(6-8)20-5-1-4-19-10/h2-3,6,9,15H,1,4-5,7H2,(H,14,16)(H,17,18)/t9-/m0/s1. The highest BCUT2D eigenvalue weighted by Crippen LogP contribution is 2.30. The lowest BCUT2D eigenvalue weighted by Gasteiger charge is -2.13. The molecule has 2 rings (SSSR count). The molecule has 1 aromatic rings. The number of hydrogen-bond acceptors (Lipinski definition) is 5. The Kier molecular flexibility index (Phi) is 4.41. The molecule has 7 heteroatoms. The normalized spacial score (nSPS) is 15.1. The van der Waals surface area contributed by atoms with Crippen LogP contribution in [0.3, 0.4) is 0 Å². The van der Waals surface area contributed by atoms with E-state index in [-0.39, 0.29) is 5.56 Å². The van der Waals surface area contributed by atoms with E-state index in [2.05, 4.69) is 5.32 Å². The third kappa shape index (κ3) is 3.18. The van der Waals surface area contributed by atoms with Gasteiger partial charge in [0, 0.05) is 12.0 Å². The molecule has 0 bridgehead atoms. The molecule has 0 unspecified atom stereocenters. The molecule has 0 spiro atoms. The van der Waals surface area contributed by atoms with E-state index < -0.39 is 24.5 Å². The van der Waals surface area contributed by atoms with Gasteiger partial charge in [0.25, 0.3) is 5.91 Å². The second kappa shape index (κ2) is 6.25. The molecule has 0 saturated carbocycles. The maximum Gasteiger partial charge on any atom is 0.328 e. The minimum Gasteiger partial charge on any atom is -0.490 e. The summed E-state index contributed by atoms with van der Waals surface area (Å²) in [4.78, 5) is 22.7. The summed E-state index contributed by atoms with van der Waals surface area (Å²) in [6, 6.07) is 3.27. The molecule has 1 heterocycles. The molecule has 0 fully saturated rings. The predicted molar refractivity (Wildman–Crippen MR) is 68.0 cm³/mol. The summed E-state index contributed by atoms with van der Waals surface area (Å²) in [5.74, 6) is -0.890. The first-order valence-corrected chi connectivity index (χ1v) is 6.16. The van der Waals surface area contributed by atoms with Gasteiger partial charge in [-0.2, -0.15) is 0 Å². The number of hydrogen-bond donors (Lipinski definition) is 3. The summed E-state index contributed by atoms with van der Waals surface area (Å²) in [6.45, 7) is 0.363. The van der Waals surface area contributed by atoms with Gasteiger partial charge in [0.2, 0.25) is 0 Å². The van der Waals surface area contributed by atoms with E-state index in [4.69, 9.17) is 19.7 Å². The summed E-state index contributed by atoms with van der Waals surface area (Å²) in [6.07, 6.45) is 0.752. The Balaban J connectivity index is 2.14. The number of carbonyl (C=O) groups is 2. The summed E-state index contributed by atoms with van der Waals surface area (Å²) in [7, 11) is 0.